The van der Waals surface area contributed by atoms with Crippen molar-refractivity contribution in [1.82, 2.24) is 4.31 Å². The number of hydrogen-bond donors (Lipinski definition) is 1. The lowest BCUT2D eigenvalue weighted by molar-refractivity contribution is -0.120. The van der Waals surface area contributed by atoms with Crippen molar-refractivity contribution in [3.05, 3.63) is 58.6 Å². The molecule has 2 aromatic carbocycles. The van der Waals surface area contributed by atoms with Crippen molar-refractivity contribution < 1.29 is 13.2 Å². The maximum atomic E-state index is 12.8. The Hall–Kier alpha value is -1.60. The van der Waals surface area contributed by atoms with Crippen LogP contribution in [0, 0.1) is 5.92 Å². The zero-order valence-corrected chi connectivity index (χ0v) is 16.2. The second-order valence-corrected chi connectivity index (χ2v) is 8.78. The Bertz CT molecular complexity index is 896. The summed E-state index contributed by atoms with van der Waals surface area (Å²) in [5.74, 6) is -0.314. The summed E-state index contributed by atoms with van der Waals surface area (Å²) in [5.41, 5.74) is 0.735. The summed E-state index contributed by atoms with van der Waals surface area (Å²) in [6, 6.07) is 13.7. The normalized spacial score (nSPS) is 16.4. The van der Waals surface area contributed by atoms with E-state index in [1.165, 1.54) is 10.4 Å². The molecule has 138 valence electrons. The van der Waals surface area contributed by atoms with Crippen LogP contribution in [-0.2, 0) is 14.8 Å². The first-order valence-corrected chi connectivity index (χ1v) is 10.4. The molecule has 0 atom stereocenters. The summed E-state index contributed by atoms with van der Waals surface area (Å²) in [6.45, 7) is 0.524. The molecule has 0 aromatic heterocycles. The van der Waals surface area contributed by atoms with E-state index in [1.807, 2.05) is 30.3 Å². The fraction of sp³-hybridized carbons (Fsp3) is 0.278. The first kappa shape index (κ1) is 19.2. The molecule has 1 heterocycles. The Kier molecular flexibility index (Phi) is 5.87. The van der Waals surface area contributed by atoms with Gasteiger partial charge in [0.2, 0.25) is 15.9 Å². The number of carbonyl (C=O) groups excluding carboxylic acids is 1. The van der Waals surface area contributed by atoms with Crippen LogP contribution in [0.1, 0.15) is 12.8 Å². The maximum Gasteiger partial charge on any atom is 0.244 e. The van der Waals surface area contributed by atoms with E-state index >= 15 is 0 Å². The van der Waals surface area contributed by atoms with Gasteiger partial charge in [-0.1, -0.05) is 47.5 Å². The molecule has 1 saturated heterocycles. The van der Waals surface area contributed by atoms with Gasteiger partial charge >= 0.3 is 0 Å². The van der Waals surface area contributed by atoms with E-state index in [-0.39, 0.29) is 39.9 Å². The average molecular weight is 413 g/mol. The van der Waals surface area contributed by atoms with Crippen molar-refractivity contribution in [3.8, 4) is 0 Å². The van der Waals surface area contributed by atoms with Crippen LogP contribution < -0.4 is 5.32 Å². The van der Waals surface area contributed by atoms with E-state index in [0.717, 1.165) is 5.69 Å². The number of sulfonamides is 1. The van der Waals surface area contributed by atoms with E-state index in [1.54, 1.807) is 12.1 Å². The van der Waals surface area contributed by atoms with Crippen LogP contribution in [0.15, 0.2) is 53.4 Å². The summed E-state index contributed by atoms with van der Waals surface area (Å²) in [6.07, 6.45) is 0.909. The lowest BCUT2D eigenvalue weighted by Gasteiger charge is -2.30. The van der Waals surface area contributed by atoms with Crippen molar-refractivity contribution in [2.24, 2.45) is 5.92 Å². The fourth-order valence-corrected chi connectivity index (χ4v) is 5.15. The standard InChI is InChI=1S/C18H18Cl2N2O3S/c19-15-7-4-8-16(17(15)20)26(24,25)22-11-9-13(10-12-22)18(23)21-14-5-2-1-3-6-14/h1-8,13H,9-12H2,(H,21,23). The fourth-order valence-electron chi connectivity index (χ4n) is 2.95. The van der Waals surface area contributed by atoms with Gasteiger partial charge in [0, 0.05) is 24.7 Å². The smallest absolute Gasteiger partial charge is 0.244 e. The van der Waals surface area contributed by atoms with Gasteiger partial charge < -0.3 is 5.32 Å². The van der Waals surface area contributed by atoms with Gasteiger partial charge in [0.05, 0.1) is 10.0 Å². The quantitative estimate of drug-likeness (QED) is 0.823. The first-order chi connectivity index (χ1) is 12.4. The number of amides is 1. The van der Waals surface area contributed by atoms with Gasteiger partial charge in [-0.3, -0.25) is 4.79 Å². The number of piperidine rings is 1. The lowest BCUT2D eigenvalue weighted by atomic mass is 9.97. The van der Waals surface area contributed by atoms with E-state index in [9.17, 15) is 13.2 Å². The van der Waals surface area contributed by atoms with Gasteiger partial charge in [-0.15, -0.1) is 0 Å². The monoisotopic (exact) mass is 412 g/mol. The molecule has 0 radical (unpaired) electrons. The number of rotatable bonds is 4. The highest BCUT2D eigenvalue weighted by atomic mass is 35.5. The van der Waals surface area contributed by atoms with Gasteiger partial charge in [-0.2, -0.15) is 4.31 Å². The summed E-state index contributed by atoms with van der Waals surface area (Å²) in [5, 5.41) is 3.09. The molecule has 5 nitrogen and oxygen atoms in total. The molecule has 26 heavy (non-hydrogen) atoms. The van der Waals surface area contributed by atoms with Crippen molar-refractivity contribution >= 4 is 44.8 Å². The molecule has 0 spiro atoms. The molecule has 0 saturated carbocycles. The van der Waals surface area contributed by atoms with Crippen LogP contribution in [0.5, 0.6) is 0 Å². The van der Waals surface area contributed by atoms with Crippen molar-refractivity contribution in [2.45, 2.75) is 17.7 Å². The second-order valence-electron chi connectivity index (χ2n) is 6.09. The highest BCUT2D eigenvalue weighted by Gasteiger charge is 2.33. The number of nitrogens with one attached hydrogen (secondary N) is 1. The minimum absolute atomic E-state index is 0.00106. The third-order valence-corrected chi connectivity index (χ3v) is 7.27. The molecule has 1 amide bonds. The van der Waals surface area contributed by atoms with Crippen molar-refractivity contribution in [2.75, 3.05) is 18.4 Å². The van der Waals surface area contributed by atoms with Gasteiger partial charge in [0.15, 0.2) is 0 Å². The van der Waals surface area contributed by atoms with Gasteiger partial charge in [-0.25, -0.2) is 8.42 Å². The average Bonchev–Trinajstić information content (AvgIpc) is 2.64. The molecular formula is C18H18Cl2N2O3S. The zero-order chi connectivity index (χ0) is 18.7. The van der Waals surface area contributed by atoms with Crippen molar-refractivity contribution in [3.63, 3.8) is 0 Å². The molecule has 2 aromatic rings. The Morgan fingerprint density at radius 3 is 2.31 bits per heavy atom. The molecule has 1 aliphatic heterocycles. The van der Waals surface area contributed by atoms with Gasteiger partial charge in [0.1, 0.15) is 4.90 Å². The van der Waals surface area contributed by atoms with Crippen LogP contribution in [-0.4, -0.2) is 31.7 Å². The number of hydrogen-bond acceptors (Lipinski definition) is 3. The molecular weight excluding hydrogens is 395 g/mol. The summed E-state index contributed by atoms with van der Waals surface area (Å²) >= 11 is 12.0. The number of nitrogens with zero attached hydrogens (tertiary/aromatic N) is 1. The topological polar surface area (TPSA) is 66.5 Å². The van der Waals surface area contributed by atoms with Crippen LogP contribution in [0.2, 0.25) is 10.0 Å². The molecule has 1 aliphatic rings. The maximum absolute atomic E-state index is 12.8. The predicted molar refractivity (Wildman–Crippen MR) is 103 cm³/mol. The molecule has 0 unspecified atom stereocenters. The summed E-state index contributed by atoms with van der Waals surface area (Å²) < 4.78 is 27.0. The Morgan fingerprint density at radius 1 is 1.00 bits per heavy atom. The Labute approximate surface area is 163 Å². The lowest BCUT2D eigenvalue weighted by Crippen LogP contribution is -2.41. The summed E-state index contributed by atoms with van der Waals surface area (Å²) in [7, 11) is -3.74. The number of carbonyl (C=O) groups is 1. The summed E-state index contributed by atoms with van der Waals surface area (Å²) in [4.78, 5) is 12.4. The van der Waals surface area contributed by atoms with Crippen molar-refractivity contribution in [1.29, 1.82) is 0 Å². The third kappa shape index (κ3) is 4.04. The van der Waals surface area contributed by atoms with Gasteiger partial charge in [-0.05, 0) is 37.1 Å². The van der Waals surface area contributed by atoms with E-state index in [4.69, 9.17) is 23.2 Å². The minimum atomic E-state index is -3.74. The van der Waals surface area contributed by atoms with E-state index < -0.39 is 10.0 Å². The Morgan fingerprint density at radius 2 is 1.65 bits per heavy atom. The first-order valence-electron chi connectivity index (χ1n) is 8.19. The van der Waals surface area contributed by atoms with E-state index in [0.29, 0.717) is 12.8 Å². The van der Waals surface area contributed by atoms with E-state index in [2.05, 4.69) is 5.32 Å². The highest BCUT2D eigenvalue weighted by molar-refractivity contribution is 7.89. The van der Waals surface area contributed by atoms with Crippen LogP contribution in [0.3, 0.4) is 0 Å². The molecule has 0 bridgehead atoms. The Balaban J connectivity index is 1.66. The zero-order valence-electron chi connectivity index (χ0n) is 13.9. The molecule has 1 fully saturated rings. The largest absolute Gasteiger partial charge is 0.326 e. The molecule has 0 aliphatic carbocycles. The second kappa shape index (κ2) is 7.96. The van der Waals surface area contributed by atoms with Crippen LogP contribution in [0.25, 0.3) is 0 Å². The number of para-hydroxylation sites is 1. The predicted octanol–water partition coefficient (Wildman–Crippen LogP) is 4.03. The molecule has 8 heteroatoms. The van der Waals surface area contributed by atoms with Crippen LogP contribution >= 0.6 is 23.2 Å². The van der Waals surface area contributed by atoms with Crippen LogP contribution in [0.4, 0.5) is 5.69 Å². The SMILES string of the molecule is O=C(Nc1ccccc1)C1CCN(S(=O)(=O)c2cccc(Cl)c2Cl)CC1. The number of benzene rings is 2. The number of anilines is 1. The number of halogens is 2. The van der Waals surface area contributed by atoms with Gasteiger partial charge in [0.25, 0.3) is 0 Å². The molecule has 3 rings (SSSR count). The third-order valence-electron chi connectivity index (χ3n) is 4.40. The highest BCUT2D eigenvalue weighted by Crippen LogP contribution is 2.32. The minimum Gasteiger partial charge on any atom is -0.326 e. The molecule has 1 N–H and O–H groups in total.